The van der Waals surface area contributed by atoms with Crippen molar-refractivity contribution in [2.24, 2.45) is 5.73 Å². The molecule has 3 aromatic carbocycles. The number of hydrogen-bond acceptors (Lipinski definition) is 5. The summed E-state index contributed by atoms with van der Waals surface area (Å²) in [5, 5.41) is 7.72. The smallest absolute Gasteiger partial charge is 0.251 e. The molecule has 0 saturated heterocycles. The van der Waals surface area contributed by atoms with Crippen molar-refractivity contribution in [3.8, 4) is 0 Å². The Morgan fingerprint density at radius 3 is 2.37 bits per heavy atom. The van der Waals surface area contributed by atoms with Crippen molar-refractivity contribution in [2.45, 2.75) is 38.9 Å². The summed E-state index contributed by atoms with van der Waals surface area (Å²) in [5.74, 6) is -2.05. The molecule has 0 aromatic heterocycles. The highest BCUT2D eigenvalue weighted by atomic mass is 35.5. The molecule has 0 saturated carbocycles. The Morgan fingerprint density at radius 2 is 1.68 bits per heavy atom. The second-order valence-corrected chi connectivity index (χ2v) is 9.21. The van der Waals surface area contributed by atoms with Gasteiger partial charge in [0.25, 0.3) is 5.91 Å². The van der Waals surface area contributed by atoms with Crippen LogP contribution in [0.1, 0.15) is 24.5 Å². The molecule has 0 aliphatic carbocycles. The van der Waals surface area contributed by atoms with E-state index in [0.717, 1.165) is 21.9 Å². The van der Waals surface area contributed by atoms with Crippen LogP contribution in [0, 0.1) is 6.92 Å². The second kappa shape index (κ2) is 12.1. The Morgan fingerprint density at radius 1 is 1.03 bits per heavy atom. The topological polar surface area (TPSA) is 125 Å². The number of nitrogens with one attached hydrogen (secondary N) is 2. The summed E-state index contributed by atoms with van der Waals surface area (Å²) in [4.78, 5) is 54.5. The van der Waals surface area contributed by atoms with Gasteiger partial charge in [-0.15, -0.1) is 12.4 Å². The van der Waals surface area contributed by atoms with Crippen LogP contribution in [0.4, 0.5) is 11.4 Å². The quantitative estimate of drug-likeness (QED) is 0.399. The molecule has 2 atom stereocenters. The van der Waals surface area contributed by atoms with Crippen molar-refractivity contribution in [1.82, 2.24) is 10.6 Å². The number of carbonyl (C=O) groups is 4. The number of anilines is 2. The number of aryl methyl sites for hydroxylation is 1. The van der Waals surface area contributed by atoms with Crippen LogP contribution in [0.3, 0.4) is 0 Å². The third kappa shape index (κ3) is 5.79. The van der Waals surface area contributed by atoms with Gasteiger partial charge < -0.3 is 26.2 Å². The molecule has 1 aliphatic heterocycles. The van der Waals surface area contributed by atoms with Crippen LogP contribution in [0.15, 0.2) is 60.7 Å². The molecule has 0 bridgehead atoms. The average Bonchev–Trinajstić information content (AvgIpc) is 2.99. The van der Waals surface area contributed by atoms with E-state index >= 15 is 0 Å². The van der Waals surface area contributed by atoms with Crippen molar-refractivity contribution >= 4 is 58.2 Å². The van der Waals surface area contributed by atoms with E-state index in [4.69, 9.17) is 5.73 Å². The van der Waals surface area contributed by atoms with Gasteiger partial charge in [0.05, 0.1) is 30.5 Å². The first kappa shape index (κ1) is 28.6. The summed E-state index contributed by atoms with van der Waals surface area (Å²) in [6.07, 6.45) is -0.515. The van der Waals surface area contributed by atoms with Crippen LogP contribution < -0.4 is 26.2 Å². The van der Waals surface area contributed by atoms with Crippen molar-refractivity contribution in [3.63, 3.8) is 0 Å². The third-order valence-electron chi connectivity index (χ3n) is 6.75. The van der Waals surface area contributed by atoms with Crippen LogP contribution in [-0.2, 0) is 25.7 Å². The van der Waals surface area contributed by atoms with Gasteiger partial charge in [-0.3, -0.25) is 19.2 Å². The Kier molecular flexibility index (Phi) is 9.08. The first-order chi connectivity index (χ1) is 17.7. The van der Waals surface area contributed by atoms with Crippen molar-refractivity contribution < 1.29 is 19.2 Å². The lowest BCUT2D eigenvalue weighted by Gasteiger charge is -2.27. The number of benzene rings is 3. The normalized spacial score (nSPS) is 15.8. The summed E-state index contributed by atoms with van der Waals surface area (Å²) in [6.45, 7) is 3.77. The number of amides is 4. The van der Waals surface area contributed by atoms with E-state index in [1.54, 1.807) is 43.1 Å². The Balaban J connectivity index is 0.00000400. The number of primary amides is 1. The molecule has 4 N–H and O–H groups in total. The maximum Gasteiger partial charge on any atom is 0.251 e. The number of nitrogens with zero attached hydrogens (tertiary/aromatic N) is 2. The fourth-order valence-corrected chi connectivity index (χ4v) is 4.58. The van der Waals surface area contributed by atoms with Gasteiger partial charge in [-0.1, -0.05) is 48.5 Å². The molecule has 3 aromatic rings. The van der Waals surface area contributed by atoms with Gasteiger partial charge in [0, 0.05) is 0 Å². The van der Waals surface area contributed by atoms with Crippen molar-refractivity contribution in [3.05, 3.63) is 71.8 Å². The largest absolute Gasteiger partial charge is 0.369 e. The lowest BCUT2D eigenvalue weighted by atomic mass is 9.99. The molecule has 4 rings (SSSR count). The van der Waals surface area contributed by atoms with Crippen LogP contribution in [0.25, 0.3) is 10.8 Å². The zero-order valence-corrected chi connectivity index (χ0v) is 22.4. The number of hydrogen-bond donors (Lipinski definition) is 3. The lowest BCUT2D eigenvalue weighted by Crippen LogP contribution is -2.56. The minimum atomic E-state index is -1.04. The SMILES string of the molecule is CN[C@@H](C)C(=O)N[C@H]1CN(C(=O)CC(N)=O)c2ccccc2N(Cc2c(C)ccc3ccccc23)C1=O.Cl. The average molecular weight is 538 g/mol. The first-order valence-electron chi connectivity index (χ1n) is 12.1. The summed E-state index contributed by atoms with van der Waals surface area (Å²) in [5.41, 5.74) is 8.28. The molecule has 1 aliphatic rings. The van der Waals surface area contributed by atoms with Crippen LogP contribution >= 0.6 is 12.4 Å². The van der Waals surface area contributed by atoms with Gasteiger partial charge >= 0.3 is 0 Å². The highest BCUT2D eigenvalue weighted by Gasteiger charge is 2.37. The third-order valence-corrected chi connectivity index (χ3v) is 6.75. The Hall–Kier alpha value is -3.95. The van der Waals surface area contributed by atoms with E-state index in [0.29, 0.717) is 11.4 Å². The fraction of sp³-hybridized carbons (Fsp3) is 0.286. The van der Waals surface area contributed by atoms with Gasteiger partial charge in [-0.05, 0) is 54.9 Å². The number of fused-ring (bicyclic) bond motifs is 2. The van der Waals surface area contributed by atoms with Crippen molar-refractivity contribution in [2.75, 3.05) is 23.4 Å². The highest BCUT2D eigenvalue weighted by molar-refractivity contribution is 6.11. The fourth-order valence-electron chi connectivity index (χ4n) is 4.58. The molecule has 0 fully saturated rings. The molecular formula is C28H32ClN5O4. The number of rotatable bonds is 7. The van der Waals surface area contributed by atoms with E-state index in [-0.39, 0.29) is 37.3 Å². The van der Waals surface area contributed by atoms with E-state index in [9.17, 15) is 19.2 Å². The molecule has 38 heavy (non-hydrogen) atoms. The summed E-state index contributed by atoms with van der Waals surface area (Å²) in [7, 11) is 1.65. The molecule has 0 unspecified atom stereocenters. The van der Waals surface area contributed by atoms with Crippen molar-refractivity contribution in [1.29, 1.82) is 0 Å². The molecule has 4 amide bonds. The van der Waals surface area contributed by atoms with Gasteiger partial charge in [-0.2, -0.15) is 0 Å². The predicted octanol–water partition coefficient (Wildman–Crippen LogP) is 2.42. The Bertz CT molecular complexity index is 1380. The van der Waals surface area contributed by atoms with Gasteiger partial charge in [-0.25, -0.2) is 0 Å². The number of para-hydroxylation sites is 2. The van der Waals surface area contributed by atoms with Gasteiger partial charge in [0.15, 0.2) is 0 Å². The predicted molar refractivity (Wildman–Crippen MR) is 150 cm³/mol. The molecule has 9 nitrogen and oxygen atoms in total. The number of halogens is 1. The maximum atomic E-state index is 14.1. The number of likely N-dealkylation sites (N-methyl/N-ethyl adjacent to an activating group) is 1. The highest BCUT2D eigenvalue weighted by Crippen LogP contribution is 2.35. The van der Waals surface area contributed by atoms with Gasteiger partial charge in [0.1, 0.15) is 12.5 Å². The van der Waals surface area contributed by atoms with E-state index in [2.05, 4.69) is 10.6 Å². The molecule has 0 spiro atoms. The van der Waals surface area contributed by atoms with E-state index < -0.39 is 30.3 Å². The first-order valence-corrected chi connectivity index (χ1v) is 12.1. The van der Waals surface area contributed by atoms with Crippen LogP contribution in [0.2, 0.25) is 0 Å². The lowest BCUT2D eigenvalue weighted by molar-refractivity contribution is -0.129. The standard InChI is InChI=1S/C28H31N5O4.ClH/c1-17-12-13-19-8-4-5-9-20(19)21(17)15-33-24-11-7-6-10-23(24)32(26(35)14-25(29)34)16-22(28(33)37)31-27(36)18(2)30-3;/h4-13,18,22,30H,14-16H2,1-3H3,(H2,29,34)(H,31,36);1H/t18-,22-;/m0./s1. The number of nitrogens with two attached hydrogens (primary N) is 1. The molecule has 200 valence electrons. The molecule has 1 heterocycles. The molecule has 10 heteroatoms. The molecular weight excluding hydrogens is 506 g/mol. The van der Waals surface area contributed by atoms with Gasteiger partial charge in [0.2, 0.25) is 17.7 Å². The summed E-state index contributed by atoms with van der Waals surface area (Å²) >= 11 is 0. The minimum Gasteiger partial charge on any atom is -0.369 e. The van der Waals surface area contributed by atoms with E-state index in [1.165, 1.54) is 4.90 Å². The van der Waals surface area contributed by atoms with E-state index in [1.807, 2.05) is 43.3 Å². The van der Waals surface area contributed by atoms with Crippen LogP contribution in [0.5, 0.6) is 0 Å². The zero-order chi connectivity index (χ0) is 26.7. The summed E-state index contributed by atoms with van der Waals surface area (Å²) in [6, 6.07) is 17.5. The molecule has 0 radical (unpaired) electrons. The van der Waals surface area contributed by atoms with Crippen LogP contribution in [-0.4, -0.2) is 49.3 Å². The maximum absolute atomic E-state index is 14.1. The zero-order valence-electron chi connectivity index (χ0n) is 21.6. The Labute approximate surface area is 227 Å². The monoisotopic (exact) mass is 537 g/mol. The summed E-state index contributed by atoms with van der Waals surface area (Å²) < 4.78 is 0. The number of carbonyl (C=O) groups excluding carboxylic acids is 4. The minimum absolute atomic E-state index is 0. The second-order valence-electron chi connectivity index (χ2n) is 9.21.